The minimum Gasteiger partial charge on any atom is -0.368 e. The molecule has 1 heterocycles. The molecule has 2 rings (SSSR count). The zero-order valence-corrected chi connectivity index (χ0v) is 11.7. The molecule has 1 atom stereocenters. The van der Waals surface area contributed by atoms with Crippen molar-refractivity contribution >= 4 is 11.6 Å². The Kier molecular flexibility index (Phi) is 5.16. The van der Waals surface area contributed by atoms with Gasteiger partial charge in [-0.25, -0.2) is 0 Å². The van der Waals surface area contributed by atoms with Gasteiger partial charge >= 0.3 is 0 Å². The average Bonchev–Trinajstić information content (AvgIpc) is 2.48. The lowest BCUT2D eigenvalue weighted by Gasteiger charge is -2.22. The normalized spacial score (nSPS) is 18.0. The first kappa shape index (κ1) is 14.6. The number of aryl methyl sites for hydroxylation is 1. The molecule has 106 valence electrons. The van der Waals surface area contributed by atoms with Gasteiger partial charge in [0.15, 0.2) is 0 Å². The molecule has 1 aromatic rings. The number of hydrogen-bond donors (Lipinski definition) is 2. The third-order valence-corrected chi connectivity index (χ3v) is 3.29. The van der Waals surface area contributed by atoms with E-state index in [1.54, 1.807) is 0 Å². The van der Waals surface area contributed by atoms with E-state index in [1.165, 1.54) is 0 Å². The predicted octanol–water partition coefficient (Wildman–Crippen LogP) is 1.81. The molecule has 0 bridgehead atoms. The van der Waals surface area contributed by atoms with Crippen LogP contribution in [0, 0.1) is 18.8 Å². The summed E-state index contributed by atoms with van der Waals surface area (Å²) in [6.45, 7) is 2.96. The zero-order chi connectivity index (χ0) is 14.4. The lowest BCUT2D eigenvalue weighted by Crippen LogP contribution is -2.33. The maximum atomic E-state index is 12.1. The molecule has 1 aromatic carbocycles. The van der Waals surface area contributed by atoms with E-state index in [4.69, 9.17) is 10.5 Å². The number of nitrogens with two attached hydrogens (primary N) is 1. The minimum atomic E-state index is -0.320. The van der Waals surface area contributed by atoms with Crippen molar-refractivity contribution in [2.45, 2.75) is 32.3 Å². The van der Waals surface area contributed by atoms with Crippen LogP contribution in [0.2, 0.25) is 0 Å². The Morgan fingerprint density at radius 1 is 1.50 bits per heavy atom. The van der Waals surface area contributed by atoms with E-state index in [0.717, 1.165) is 36.1 Å². The lowest BCUT2D eigenvalue weighted by molar-refractivity contribution is -0.129. The summed E-state index contributed by atoms with van der Waals surface area (Å²) >= 11 is 0. The van der Waals surface area contributed by atoms with E-state index in [-0.39, 0.29) is 12.0 Å². The summed E-state index contributed by atoms with van der Waals surface area (Å²) in [5.41, 5.74) is 8.04. The topological polar surface area (TPSA) is 64.3 Å². The van der Waals surface area contributed by atoms with Gasteiger partial charge in [0, 0.05) is 17.9 Å². The molecule has 1 saturated heterocycles. The van der Waals surface area contributed by atoms with Crippen molar-refractivity contribution in [3.8, 4) is 11.8 Å². The predicted molar refractivity (Wildman–Crippen MR) is 79.3 cm³/mol. The Bertz CT molecular complexity index is 537. The second-order valence-corrected chi connectivity index (χ2v) is 4.88. The highest BCUT2D eigenvalue weighted by Gasteiger charge is 2.22. The highest BCUT2D eigenvalue weighted by atomic mass is 16.5. The van der Waals surface area contributed by atoms with Crippen LogP contribution in [-0.2, 0) is 9.53 Å². The molecule has 0 aliphatic carbocycles. The maximum Gasteiger partial charge on any atom is 0.253 e. The van der Waals surface area contributed by atoms with Gasteiger partial charge in [-0.2, -0.15) is 0 Å². The van der Waals surface area contributed by atoms with Gasteiger partial charge in [-0.1, -0.05) is 11.8 Å². The fourth-order valence-electron chi connectivity index (χ4n) is 2.20. The number of rotatable bonds is 2. The number of carbonyl (C=O) groups is 1. The summed E-state index contributed by atoms with van der Waals surface area (Å²) in [4.78, 5) is 12.1. The summed E-state index contributed by atoms with van der Waals surface area (Å²) in [5.74, 6) is 5.73. The molecule has 0 radical (unpaired) electrons. The standard InChI is InChI=1S/C16H20N2O2/c1-12-11-13(5-4-9-17)7-8-14(12)18-16(19)15-6-2-3-10-20-15/h7-8,11,15H,2-3,6,9-10,17H2,1H3,(H,18,19). The van der Waals surface area contributed by atoms with Gasteiger partial charge in [-0.05, 0) is 49.9 Å². The minimum absolute atomic E-state index is 0.0615. The first-order valence-corrected chi connectivity index (χ1v) is 6.93. The van der Waals surface area contributed by atoms with Crippen molar-refractivity contribution in [1.82, 2.24) is 0 Å². The van der Waals surface area contributed by atoms with E-state index in [0.29, 0.717) is 13.2 Å². The van der Waals surface area contributed by atoms with Gasteiger partial charge in [-0.3, -0.25) is 4.79 Å². The van der Waals surface area contributed by atoms with E-state index in [2.05, 4.69) is 17.2 Å². The Morgan fingerprint density at radius 2 is 2.35 bits per heavy atom. The highest BCUT2D eigenvalue weighted by Crippen LogP contribution is 2.19. The van der Waals surface area contributed by atoms with Crippen molar-refractivity contribution < 1.29 is 9.53 Å². The number of hydrogen-bond acceptors (Lipinski definition) is 3. The van der Waals surface area contributed by atoms with Gasteiger partial charge in [0.05, 0.1) is 6.54 Å². The number of anilines is 1. The van der Waals surface area contributed by atoms with Gasteiger partial charge in [-0.15, -0.1) is 0 Å². The van der Waals surface area contributed by atoms with Crippen LogP contribution in [0.25, 0.3) is 0 Å². The molecule has 3 N–H and O–H groups in total. The molecule has 0 saturated carbocycles. The van der Waals surface area contributed by atoms with Gasteiger partial charge < -0.3 is 15.8 Å². The Balaban J connectivity index is 2.03. The Hall–Kier alpha value is -1.83. The van der Waals surface area contributed by atoms with E-state index >= 15 is 0 Å². The molecule has 20 heavy (non-hydrogen) atoms. The van der Waals surface area contributed by atoms with Gasteiger partial charge in [0.25, 0.3) is 5.91 Å². The average molecular weight is 272 g/mol. The SMILES string of the molecule is Cc1cc(C#CCN)ccc1NC(=O)C1CCCCO1. The van der Waals surface area contributed by atoms with Crippen LogP contribution in [0.5, 0.6) is 0 Å². The van der Waals surface area contributed by atoms with Gasteiger partial charge in [0.1, 0.15) is 6.10 Å². The van der Waals surface area contributed by atoms with Crippen molar-refractivity contribution in [3.63, 3.8) is 0 Å². The number of amides is 1. The van der Waals surface area contributed by atoms with Crippen LogP contribution >= 0.6 is 0 Å². The number of benzene rings is 1. The summed E-state index contributed by atoms with van der Waals surface area (Å²) in [6, 6.07) is 5.70. The first-order chi connectivity index (χ1) is 9.70. The molecule has 4 heteroatoms. The van der Waals surface area contributed by atoms with Crippen molar-refractivity contribution in [2.75, 3.05) is 18.5 Å². The molecule has 1 fully saturated rings. The molecule has 0 aromatic heterocycles. The zero-order valence-electron chi connectivity index (χ0n) is 11.7. The summed E-state index contributed by atoms with van der Waals surface area (Å²) in [5, 5.41) is 2.93. The van der Waals surface area contributed by atoms with Crippen LogP contribution < -0.4 is 11.1 Å². The molecule has 1 aliphatic rings. The van der Waals surface area contributed by atoms with Crippen LogP contribution in [0.1, 0.15) is 30.4 Å². The van der Waals surface area contributed by atoms with Crippen LogP contribution in [0.4, 0.5) is 5.69 Å². The molecular formula is C16H20N2O2. The smallest absolute Gasteiger partial charge is 0.253 e. The second kappa shape index (κ2) is 7.09. The van der Waals surface area contributed by atoms with Crippen molar-refractivity contribution in [3.05, 3.63) is 29.3 Å². The molecule has 1 unspecified atom stereocenters. The number of carbonyl (C=O) groups excluding carboxylic acids is 1. The molecule has 1 aliphatic heterocycles. The number of ether oxygens (including phenoxy) is 1. The monoisotopic (exact) mass is 272 g/mol. The number of nitrogens with one attached hydrogen (secondary N) is 1. The summed E-state index contributed by atoms with van der Waals surface area (Å²) in [7, 11) is 0. The van der Waals surface area contributed by atoms with E-state index < -0.39 is 0 Å². The van der Waals surface area contributed by atoms with E-state index in [9.17, 15) is 4.79 Å². The third-order valence-electron chi connectivity index (χ3n) is 3.29. The third kappa shape index (κ3) is 3.83. The molecule has 0 spiro atoms. The highest BCUT2D eigenvalue weighted by molar-refractivity contribution is 5.94. The quantitative estimate of drug-likeness (QED) is 0.807. The lowest BCUT2D eigenvalue weighted by atomic mass is 10.1. The fourth-order valence-corrected chi connectivity index (χ4v) is 2.20. The second-order valence-electron chi connectivity index (χ2n) is 4.88. The van der Waals surface area contributed by atoms with E-state index in [1.807, 2.05) is 25.1 Å². The Labute approximate surface area is 119 Å². The van der Waals surface area contributed by atoms with Gasteiger partial charge in [0.2, 0.25) is 0 Å². The molecular weight excluding hydrogens is 252 g/mol. The molecule has 4 nitrogen and oxygen atoms in total. The van der Waals surface area contributed by atoms with Crippen molar-refractivity contribution in [2.24, 2.45) is 5.73 Å². The van der Waals surface area contributed by atoms with Crippen LogP contribution in [-0.4, -0.2) is 25.2 Å². The molecule has 1 amide bonds. The Morgan fingerprint density at radius 3 is 3.00 bits per heavy atom. The summed E-state index contributed by atoms with van der Waals surface area (Å²) < 4.78 is 5.48. The fraction of sp³-hybridized carbons (Fsp3) is 0.438. The van der Waals surface area contributed by atoms with Crippen molar-refractivity contribution in [1.29, 1.82) is 0 Å². The van der Waals surface area contributed by atoms with Crippen LogP contribution in [0.15, 0.2) is 18.2 Å². The van der Waals surface area contributed by atoms with Crippen LogP contribution in [0.3, 0.4) is 0 Å². The summed E-state index contributed by atoms with van der Waals surface area (Å²) in [6.07, 6.45) is 2.56. The maximum absolute atomic E-state index is 12.1. The largest absolute Gasteiger partial charge is 0.368 e. The first-order valence-electron chi connectivity index (χ1n) is 6.93.